The zero-order chi connectivity index (χ0) is 19.5. The monoisotopic (exact) mass is 413 g/mol. The van der Waals surface area contributed by atoms with Crippen LogP contribution in [0, 0.1) is 5.92 Å². The molecule has 0 radical (unpaired) electrons. The average molecular weight is 414 g/mol. The van der Waals surface area contributed by atoms with Crippen molar-refractivity contribution in [3.05, 3.63) is 51.5 Å². The number of carbonyl (C=O) groups is 1. The summed E-state index contributed by atoms with van der Waals surface area (Å²) in [4.78, 5) is 18.2. The molecule has 0 amide bonds. The Morgan fingerprint density at radius 3 is 2.79 bits per heavy atom. The largest absolute Gasteiger partial charge is 0.493 e. The van der Waals surface area contributed by atoms with E-state index in [1.54, 1.807) is 55.2 Å². The minimum absolute atomic E-state index is 0.0350. The molecule has 3 aromatic rings. The SMILES string of the molecule is CN=c1scc(-c2cccs2)n1N=Cc1ccc(OC(=O)C2CC2)c(OC)c1. The first-order chi connectivity index (χ1) is 13.7. The molecule has 1 aliphatic carbocycles. The predicted molar refractivity (Wildman–Crippen MR) is 111 cm³/mol. The average Bonchev–Trinajstić information content (AvgIpc) is 3.27. The molecule has 0 unspecified atom stereocenters. The first kappa shape index (κ1) is 18.6. The number of nitrogens with zero attached hydrogens (tertiary/aromatic N) is 3. The Morgan fingerprint density at radius 1 is 1.25 bits per heavy atom. The van der Waals surface area contributed by atoms with E-state index in [9.17, 15) is 4.79 Å². The van der Waals surface area contributed by atoms with Gasteiger partial charge in [0.2, 0.25) is 4.80 Å². The van der Waals surface area contributed by atoms with Crippen LogP contribution < -0.4 is 14.3 Å². The highest BCUT2D eigenvalue weighted by Crippen LogP contribution is 2.34. The molecular weight excluding hydrogens is 394 g/mol. The number of esters is 1. The Hall–Kier alpha value is -2.71. The Balaban J connectivity index is 1.62. The van der Waals surface area contributed by atoms with Gasteiger partial charge < -0.3 is 9.47 Å². The van der Waals surface area contributed by atoms with Crippen molar-refractivity contribution in [1.82, 2.24) is 4.68 Å². The maximum Gasteiger partial charge on any atom is 0.314 e. The van der Waals surface area contributed by atoms with Crippen molar-refractivity contribution in [2.45, 2.75) is 12.8 Å². The third-order valence-electron chi connectivity index (χ3n) is 4.28. The number of thiazole rings is 1. The van der Waals surface area contributed by atoms with E-state index in [4.69, 9.17) is 9.47 Å². The molecule has 1 aliphatic rings. The molecule has 0 aliphatic heterocycles. The van der Waals surface area contributed by atoms with Gasteiger partial charge in [0.05, 0.1) is 29.8 Å². The smallest absolute Gasteiger partial charge is 0.314 e. The first-order valence-corrected chi connectivity index (χ1v) is 10.6. The minimum atomic E-state index is -0.191. The third kappa shape index (κ3) is 3.93. The molecule has 1 fully saturated rings. The summed E-state index contributed by atoms with van der Waals surface area (Å²) in [6.07, 6.45) is 3.55. The number of benzene rings is 1. The lowest BCUT2D eigenvalue weighted by Gasteiger charge is -2.09. The van der Waals surface area contributed by atoms with E-state index in [1.807, 2.05) is 27.6 Å². The molecule has 144 valence electrons. The van der Waals surface area contributed by atoms with Gasteiger partial charge in [-0.25, -0.2) is 4.68 Å². The van der Waals surface area contributed by atoms with Crippen LogP contribution in [-0.2, 0) is 4.79 Å². The Labute approximate surface area is 170 Å². The maximum atomic E-state index is 11.9. The van der Waals surface area contributed by atoms with Crippen LogP contribution in [0.5, 0.6) is 11.5 Å². The van der Waals surface area contributed by atoms with E-state index in [0.29, 0.717) is 11.5 Å². The van der Waals surface area contributed by atoms with Gasteiger partial charge in [-0.15, -0.1) is 22.7 Å². The summed E-state index contributed by atoms with van der Waals surface area (Å²) in [5.74, 6) is 0.784. The van der Waals surface area contributed by atoms with Crippen LogP contribution in [0.15, 0.2) is 51.2 Å². The summed E-state index contributed by atoms with van der Waals surface area (Å²) in [7, 11) is 3.31. The fourth-order valence-electron chi connectivity index (χ4n) is 2.64. The first-order valence-electron chi connectivity index (χ1n) is 8.81. The molecule has 4 rings (SSSR count). The van der Waals surface area contributed by atoms with Crippen LogP contribution in [0.1, 0.15) is 18.4 Å². The van der Waals surface area contributed by atoms with Crippen LogP contribution >= 0.6 is 22.7 Å². The fraction of sp³-hybridized carbons (Fsp3) is 0.250. The molecule has 28 heavy (non-hydrogen) atoms. The van der Waals surface area contributed by atoms with Crippen LogP contribution in [0.2, 0.25) is 0 Å². The molecule has 1 saturated carbocycles. The zero-order valence-corrected chi connectivity index (χ0v) is 17.1. The van der Waals surface area contributed by atoms with Crippen molar-refractivity contribution in [2.24, 2.45) is 16.0 Å². The second kappa shape index (κ2) is 8.12. The molecular formula is C20H19N3O3S2. The summed E-state index contributed by atoms with van der Waals surface area (Å²) >= 11 is 3.20. The van der Waals surface area contributed by atoms with Gasteiger partial charge in [0.1, 0.15) is 0 Å². The second-order valence-corrected chi connectivity index (χ2v) is 8.05. The lowest BCUT2D eigenvalue weighted by Crippen LogP contribution is -2.11. The highest BCUT2D eigenvalue weighted by atomic mass is 32.1. The normalized spacial score (nSPS) is 14.6. The highest BCUT2D eigenvalue weighted by molar-refractivity contribution is 7.14. The molecule has 2 heterocycles. The Morgan fingerprint density at radius 2 is 2.11 bits per heavy atom. The van der Waals surface area contributed by atoms with E-state index in [-0.39, 0.29) is 11.9 Å². The van der Waals surface area contributed by atoms with Crippen molar-refractivity contribution < 1.29 is 14.3 Å². The quantitative estimate of drug-likeness (QED) is 0.348. The van der Waals surface area contributed by atoms with Crippen molar-refractivity contribution in [3.63, 3.8) is 0 Å². The van der Waals surface area contributed by atoms with E-state index >= 15 is 0 Å². The van der Waals surface area contributed by atoms with E-state index < -0.39 is 0 Å². The number of ether oxygens (including phenoxy) is 2. The number of methoxy groups -OCH3 is 1. The number of rotatable bonds is 6. The summed E-state index contributed by atoms with van der Waals surface area (Å²) in [6, 6.07) is 9.47. The van der Waals surface area contributed by atoms with Gasteiger partial charge in [-0.1, -0.05) is 6.07 Å². The number of hydrogen-bond donors (Lipinski definition) is 0. The summed E-state index contributed by atoms with van der Waals surface area (Å²) in [5, 5.41) is 8.71. The highest BCUT2D eigenvalue weighted by Gasteiger charge is 2.32. The molecule has 8 heteroatoms. The number of hydrogen-bond acceptors (Lipinski definition) is 7. The van der Waals surface area contributed by atoms with Crippen LogP contribution in [0.4, 0.5) is 0 Å². The maximum absolute atomic E-state index is 11.9. The topological polar surface area (TPSA) is 65.2 Å². The lowest BCUT2D eigenvalue weighted by molar-refractivity contribution is -0.135. The minimum Gasteiger partial charge on any atom is -0.493 e. The van der Waals surface area contributed by atoms with Crippen LogP contribution in [0.25, 0.3) is 10.6 Å². The van der Waals surface area contributed by atoms with Crippen molar-refractivity contribution in [1.29, 1.82) is 0 Å². The van der Waals surface area contributed by atoms with Gasteiger partial charge in [0.15, 0.2) is 11.5 Å². The third-order valence-corrected chi connectivity index (χ3v) is 6.08. The summed E-state index contributed by atoms with van der Waals surface area (Å²) in [5.41, 5.74) is 1.83. The summed E-state index contributed by atoms with van der Waals surface area (Å²) < 4.78 is 12.7. The standard InChI is InChI=1S/C20H19N3O3S2/c1-21-20-23(15(12-28-20)18-4-3-9-27-18)22-11-13-5-8-16(17(10-13)25-2)26-19(24)14-6-7-14/h3-5,8-12,14H,6-7H2,1-2H3. The summed E-state index contributed by atoms with van der Waals surface area (Å²) in [6.45, 7) is 0. The molecule has 0 atom stereocenters. The predicted octanol–water partition coefficient (Wildman–Crippen LogP) is 4.01. The van der Waals surface area contributed by atoms with Crippen molar-refractivity contribution in [2.75, 3.05) is 14.2 Å². The van der Waals surface area contributed by atoms with E-state index in [2.05, 4.69) is 16.2 Å². The number of thiophene rings is 1. The van der Waals surface area contributed by atoms with Crippen LogP contribution in [0.3, 0.4) is 0 Å². The molecule has 6 nitrogen and oxygen atoms in total. The zero-order valence-electron chi connectivity index (χ0n) is 15.5. The molecule has 2 aromatic heterocycles. The van der Waals surface area contributed by atoms with E-state index in [0.717, 1.165) is 33.8 Å². The fourth-order valence-corrected chi connectivity index (χ4v) is 4.24. The van der Waals surface area contributed by atoms with Crippen molar-refractivity contribution in [3.8, 4) is 22.1 Å². The lowest BCUT2D eigenvalue weighted by atomic mass is 10.2. The second-order valence-electron chi connectivity index (χ2n) is 6.27. The Bertz CT molecular complexity index is 1080. The van der Waals surface area contributed by atoms with Gasteiger partial charge in [-0.05, 0) is 48.1 Å². The van der Waals surface area contributed by atoms with Gasteiger partial charge in [-0.2, -0.15) is 5.10 Å². The van der Waals surface area contributed by atoms with Gasteiger partial charge in [-0.3, -0.25) is 9.79 Å². The van der Waals surface area contributed by atoms with Crippen LogP contribution in [-0.4, -0.2) is 31.0 Å². The molecule has 0 bridgehead atoms. The van der Waals surface area contributed by atoms with Gasteiger partial charge in [0, 0.05) is 12.4 Å². The van der Waals surface area contributed by atoms with Gasteiger partial charge in [0.25, 0.3) is 0 Å². The van der Waals surface area contributed by atoms with Gasteiger partial charge >= 0.3 is 5.97 Å². The molecule has 0 spiro atoms. The molecule has 1 aromatic carbocycles. The molecule has 0 saturated heterocycles. The van der Waals surface area contributed by atoms with Crippen molar-refractivity contribution >= 4 is 34.9 Å². The van der Waals surface area contributed by atoms with E-state index in [1.165, 1.54) is 0 Å². The molecule has 0 N–H and O–H groups in total. The number of aromatic nitrogens is 1. The number of carbonyl (C=O) groups excluding carboxylic acids is 1. The Kier molecular flexibility index (Phi) is 5.40.